The molecule has 3 aromatic rings. The van der Waals surface area contributed by atoms with Gasteiger partial charge in [0.25, 0.3) is 6.08 Å². The number of aliphatic carboxylic acids is 1. The van der Waals surface area contributed by atoms with E-state index in [1.165, 1.54) is 10.9 Å². The number of nitrogens with two attached hydrogens (primary N) is 1. The molecule has 39 heavy (non-hydrogen) atoms. The monoisotopic (exact) mass is 553 g/mol. The molecule has 0 saturated heterocycles. The summed E-state index contributed by atoms with van der Waals surface area (Å²) in [7, 11) is 1.77. The number of rotatable bonds is 5. The Bertz CT molecular complexity index is 1490. The zero-order valence-electron chi connectivity index (χ0n) is 20.8. The number of alkyl halides is 3. The van der Waals surface area contributed by atoms with E-state index >= 15 is 0 Å². The molecule has 9 nitrogen and oxygen atoms in total. The molecule has 0 aliphatic carbocycles. The second-order valence-electron chi connectivity index (χ2n) is 8.56. The number of hydrogen-bond acceptors (Lipinski definition) is 5. The molecule has 0 spiro atoms. The van der Waals surface area contributed by atoms with Gasteiger partial charge in [0.05, 0.1) is 12.2 Å². The zero-order valence-corrected chi connectivity index (χ0v) is 20.8. The maximum atomic E-state index is 12.9. The molecule has 2 aromatic carbocycles. The molecular weight excluding hydrogens is 529 g/mol. The molecule has 208 valence electrons. The SMILES string of the molecule is Cc1c(-c2ccc3c(c2)CCC(=O)N3C)cccc1-n1cnn(CC(CN)=C(F)F)c1=O.O=C(O)C(F)(F)F. The van der Waals surface area contributed by atoms with Gasteiger partial charge in [-0.05, 0) is 53.8 Å². The van der Waals surface area contributed by atoms with Gasteiger partial charge >= 0.3 is 17.8 Å². The van der Waals surface area contributed by atoms with Gasteiger partial charge in [0.2, 0.25) is 5.91 Å². The van der Waals surface area contributed by atoms with Crippen molar-refractivity contribution in [1.29, 1.82) is 0 Å². The largest absolute Gasteiger partial charge is 0.490 e. The Kier molecular flexibility index (Phi) is 8.69. The third-order valence-corrected chi connectivity index (χ3v) is 6.13. The lowest BCUT2D eigenvalue weighted by molar-refractivity contribution is -0.192. The van der Waals surface area contributed by atoms with Gasteiger partial charge in [-0.1, -0.05) is 18.2 Å². The lowest BCUT2D eigenvalue weighted by atomic mass is 9.93. The third-order valence-electron chi connectivity index (χ3n) is 6.13. The van der Waals surface area contributed by atoms with Crippen molar-refractivity contribution in [2.24, 2.45) is 5.73 Å². The van der Waals surface area contributed by atoms with Crippen molar-refractivity contribution in [2.45, 2.75) is 32.5 Å². The number of carboxylic acids is 1. The Hall–Kier alpha value is -4.33. The number of benzene rings is 2. The van der Waals surface area contributed by atoms with E-state index in [0.29, 0.717) is 18.5 Å². The highest BCUT2D eigenvalue weighted by Crippen LogP contribution is 2.33. The number of aromatic nitrogens is 3. The van der Waals surface area contributed by atoms with Gasteiger partial charge in [-0.15, -0.1) is 0 Å². The fourth-order valence-electron chi connectivity index (χ4n) is 4.01. The van der Waals surface area contributed by atoms with Crippen LogP contribution in [0.2, 0.25) is 0 Å². The fourth-order valence-corrected chi connectivity index (χ4v) is 4.01. The molecule has 0 atom stereocenters. The van der Waals surface area contributed by atoms with E-state index in [1.807, 2.05) is 31.2 Å². The van der Waals surface area contributed by atoms with Crippen molar-refractivity contribution in [2.75, 3.05) is 18.5 Å². The van der Waals surface area contributed by atoms with Crippen LogP contribution < -0.4 is 16.3 Å². The average molecular weight is 553 g/mol. The quantitative estimate of drug-likeness (QED) is 0.465. The van der Waals surface area contributed by atoms with Crippen LogP contribution >= 0.6 is 0 Å². The molecule has 0 saturated carbocycles. The predicted octanol–water partition coefficient (Wildman–Crippen LogP) is 3.66. The lowest BCUT2D eigenvalue weighted by Gasteiger charge is -2.26. The van der Waals surface area contributed by atoms with Crippen LogP contribution in [-0.2, 0) is 22.6 Å². The molecule has 0 radical (unpaired) electrons. The van der Waals surface area contributed by atoms with Gasteiger partial charge in [-0.3, -0.25) is 4.79 Å². The van der Waals surface area contributed by atoms with Crippen molar-refractivity contribution in [3.05, 3.63) is 76.0 Å². The van der Waals surface area contributed by atoms with Gasteiger partial charge in [-0.2, -0.15) is 27.1 Å². The van der Waals surface area contributed by atoms with Crippen molar-refractivity contribution in [3.8, 4) is 16.8 Å². The molecule has 3 N–H and O–H groups in total. The molecule has 1 aliphatic heterocycles. The van der Waals surface area contributed by atoms with Crippen LogP contribution in [0.5, 0.6) is 0 Å². The number of carbonyl (C=O) groups is 2. The number of fused-ring (bicyclic) bond motifs is 1. The van der Waals surface area contributed by atoms with Gasteiger partial charge in [-0.25, -0.2) is 18.8 Å². The summed E-state index contributed by atoms with van der Waals surface area (Å²) in [6.45, 7) is 1.19. The lowest BCUT2D eigenvalue weighted by Crippen LogP contribution is -2.31. The molecule has 1 amide bonds. The molecule has 1 aliphatic rings. The summed E-state index contributed by atoms with van der Waals surface area (Å²) in [6, 6.07) is 11.5. The Morgan fingerprint density at radius 3 is 2.36 bits per heavy atom. The van der Waals surface area contributed by atoms with E-state index in [0.717, 1.165) is 32.6 Å². The first kappa shape index (κ1) is 29.2. The second-order valence-corrected chi connectivity index (χ2v) is 8.56. The summed E-state index contributed by atoms with van der Waals surface area (Å²) < 4.78 is 59.9. The van der Waals surface area contributed by atoms with E-state index in [4.69, 9.17) is 15.6 Å². The molecule has 0 unspecified atom stereocenters. The zero-order chi connectivity index (χ0) is 29.1. The summed E-state index contributed by atoms with van der Waals surface area (Å²) in [6.07, 6.45) is -4.50. The van der Waals surface area contributed by atoms with Crippen LogP contribution in [0, 0.1) is 6.92 Å². The minimum absolute atomic E-state index is 0.0973. The van der Waals surface area contributed by atoms with Gasteiger partial charge in [0.1, 0.15) is 6.33 Å². The normalized spacial score (nSPS) is 12.9. The minimum atomic E-state index is -5.08. The topological polar surface area (TPSA) is 123 Å². The van der Waals surface area contributed by atoms with Gasteiger partial charge < -0.3 is 15.7 Å². The van der Waals surface area contributed by atoms with E-state index in [-0.39, 0.29) is 24.6 Å². The van der Waals surface area contributed by atoms with Crippen LogP contribution in [0.4, 0.5) is 27.6 Å². The van der Waals surface area contributed by atoms with Crippen molar-refractivity contribution >= 4 is 17.6 Å². The molecule has 1 aromatic heterocycles. The number of halogens is 5. The van der Waals surface area contributed by atoms with E-state index in [2.05, 4.69) is 11.2 Å². The van der Waals surface area contributed by atoms with Crippen molar-refractivity contribution in [1.82, 2.24) is 14.3 Å². The Morgan fingerprint density at radius 2 is 1.77 bits per heavy atom. The second kappa shape index (κ2) is 11.6. The highest BCUT2D eigenvalue weighted by atomic mass is 19.4. The maximum Gasteiger partial charge on any atom is 0.490 e. The Morgan fingerprint density at radius 1 is 1.10 bits per heavy atom. The number of nitrogens with zero attached hydrogens (tertiary/aromatic N) is 4. The molecule has 2 heterocycles. The summed E-state index contributed by atoms with van der Waals surface area (Å²) in [5, 5.41) is 11.1. The number of carbonyl (C=O) groups excluding carboxylic acids is 1. The van der Waals surface area contributed by atoms with Gasteiger partial charge in [0.15, 0.2) is 0 Å². The fraction of sp³-hybridized carbons (Fsp3) is 0.280. The number of hydrogen-bond donors (Lipinski definition) is 2. The molecule has 0 fully saturated rings. The van der Waals surface area contributed by atoms with Crippen LogP contribution in [0.15, 0.2) is 59.2 Å². The van der Waals surface area contributed by atoms with E-state index in [1.54, 1.807) is 18.0 Å². The first-order valence-electron chi connectivity index (χ1n) is 11.4. The number of carboxylic acid groups (broad SMARTS) is 1. The highest BCUT2D eigenvalue weighted by molar-refractivity contribution is 5.96. The Balaban J connectivity index is 0.000000532. The highest BCUT2D eigenvalue weighted by Gasteiger charge is 2.38. The molecular formula is C25H24F5N5O4. The summed E-state index contributed by atoms with van der Waals surface area (Å²) in [4.78, 5) is 35.3. The van der Waals surface area contributed by atoms with Crippen molar-refractivity contribution < 1.29 is 36.6 Å². The standard InChI is InChI=1S/C23H23F2N5O2.C2HF3O2/c1-14-18(15-6-8-20-16(10-15)7-9-21(31)28(20)2)4-3-5-19(14)29-13-27-30(23(29)32)12-17(11-26)22(24)25;3-2(4,5)1(6)7/h3-6,8,10,13H,7,9,11-12,26H2,1-2H3;(H,6,7). The van der Waals surface area contributed by atoms with Crippen LogP contribution in [0.1, 0.15) is 17.5 Å². The molecule has 4 rings (SSSR count). The van der Waals surface area contributed by atoms with Crippen LogP contribution in [0.3, 0.4) is 0 Å². The minimum Gasteiger partial charge on any atom is -0.475 e. The van der Waals surface area contributed by atoms with Crippen LogP contribution in [-0.4, -0.2) is 51.1 Å². The third kappa shape index (κ3) is 6.39. The first-order chi connectivity index (χ1) is 18.3. The summed E-state index contributed by atoms with van der Waals surface area (Å²) >= 11 is 0. The predicted molar refractivity (Wildman–Crippen MR) is 132 cm³/mol. The average Bonchev–Trinajstić information content (AvgIpc) is 3.24. The summed E-state index contributed by atoms with van der Waals surface area (Å²) in [5.41, 5.74) is 9.85. The van der Waals surface area contributed by atoms with Gasteiger partial charge in [0, 0.05) is 31.3 Å². The molecule has 14 heteroatoms. The van der Waals surface area contributed by atoms with E-state index < -0.39 is 23.9 Å². The van der Waals surface area contributed by atoms with Crippen molar-refractivity contribution in [3.63, 3.8) is 0 Å². The number of aryl methyl sites for hydroxylation is 1. The number of amides is 1. The van der Waals surface area contributed by atoms with E-state index in [9.17, 15) is 31.5 Å². The maximum absolute atomic E-state index is 12.9. The first-order valence-corrected chi connectivity index (χ1v) is 11.4. The summed E-state index contributed by atoms with van der Waals surface area (Å²) in [5.74, 6) is -2.66. The smallest absolute Gasteiger partial charge is 0.475 e. The molecule has 0 bridgehead atoms. The van der Waals surface area contributed by atoms with Crippen LogP contribution in [0.25, 0.3) is 16.8 Å². The number of anilines is 1. The Labute approximate surface area is 218 Å².